The molecule has 0 spiro atoms. The van der Waals surface area contributed by atoms with E-state index >= 15 is 0 Å². The van der Waals surface area contributed by atoms with Crippen molar-refractivity contribution in [3.63, 3.8) is 0 Å². The van der Waals surface area contributed by atoms with Crippen LogP contribution >= 0.6 is 12.6 Å². The Morgan fingerprint density at radius 3 is 2.86 bits per heavy atom. The van der Waals surface area contributed by atoms with Crippen molar-refractivity contribution in [1.82, 2.24) is 0 Å². The first-order valence-corrected chi connectivity index (χ1v) is 7.41. The maximum atomic E-state index is 13.9. The number of hydrogen-bond donors (Lipinski definition) is 1. The van der Waals surface area contributed by atoms with Gasteiger partial charge in [0.05, 0.1) is 5.56 Å². The second kappa shape index (κ2) is 5.53. The molecule has 0 saturated heterocycles. The predicted octanol–water partition coefficient (Wildman–Crippen LogP) is 4.02. The first-order valence-electron chi connectivity index (χ1n) is 6.96. The molecule has 21 heavy (non-hydrogen) atoms. The number of amides is 1. The van der Waals surface area contributed by atoms with Crippen LogP contribution in [-0.4, -0.2) is 12.5 Å². The van der Waals surface area contributed by atoms with Gasteiger partial charge in [-0.15, -0.1) is 12.6 Å². The molecule has 1 aliphatic rings. The molecule has 1 aliphatic heterocycles. The average Bonchev–Trinajstić information content (AvgIpc) is 2.48. The Labute approximate surface area is 129 Å². The van der Waals surface area contributed by atoms with Gasteiger partial charge in [-0.3, -0.25) is 4.79 Å². The first-order chi connectivity index (χ1) is 10.1. The maximum absolute atomic E-state index is 13.9. The molecule has 0 atom stereocenters. The van der Waals surface area contributed by atoms with E-state index in [1.54, 1.807) is 11.0 Å². The van der Waals surface area contributed by atoms with E-state index in [1.807, 2.05) is 19.1 Å². The number of rotatable bonds is 1. The zero-order chi connectivity index (χ0) is 15.0. The van der Waals surface area contributed by atoms with Gasteiger partial charge in [-0.25, -0.2) is 4.39 Å². The van der Waals surface area contributed by atoms with Gasteiger partial charge >= 0.3 is 0 Å². The number of nitrogens with zero attached hydrogens (tertiary/aromatic N) is 1. The molecular formula is C17H16FNOS. The van der Waals surface area contributed by atoms with Crippen molar-refractivity contribution < 1.29 is 9.18 Å². The number of carbonyl (C=O) groups excluding carboxylic acids is 1. The lowest BCUT2D eigenvalue weighted by Crippen LogP contribution is -2.36. The van der Waals surface area contributed by atoms with E-state index in [-0.39, 0.29) is 11.5 Å². The van der Waals surface area contributed by atoms with Crippen LogP contribution in [0.25, 0.3) is 0 Å². The Balaban J connectivity index is 2.02. The van der Waals surface area contributed by atoms with E-state index in [1.165, 1.54) is 17.7 Å². The molecule has 1 amide bonds. The van der Waals surface area contributed by atoms with E-state index in [2.05, 4.69) is 18.7 Å². The van der Waals surface area contributed by atoms with Crippen molar-refractivity contribution in [1.29, 1.82) is 0 Å². The molecule has 2 aromatic carbocycles. The van der Waals surface area contributed by atoms with Crippen LogP contribution in [0.1, 0.15) is 27.9 Å². The molecule has 1 heterocycles. The third-order valence-electron chi connectivity index (χ3n) is 3.78. The number of fused-ring (bicyclic) bond motifs is 1. The van der Waals surface area contributed by atoms with E-state index in [0.29, 0.717) is 11.4 Å². The second-order valence-electron chi connectivity index (χ2n) is 5.36. The van der Waals surface area contributed by atoms with Crippen molar-refractivity contribution in [3.05, 3.63) is 58.9 Å². The Bertz CT molecular complexity index is 714. The van der Waals surface area contributed by atoms with Gasteiger partial charge in [-0.1, -0.05) is 17.7 Å². The summed E-state index contributed by atoms with van der Waals surface area (Å²) in [6, 6.07) is 10.3. The number of carbonyl (C=O) groups is 1. The SMILES string of the molecule is Cc1ccc2c(c1)CCCN2C(=O)c1cc(S)ccc1F. The molecule has 0 aromatic heterocycles. The number of aryl methyl sites for hydroxylation is 2. The first kappa shape index (κ1) is 14.1. The zero-order valence-electron chi connectivity index (χ0n) is 11.8. The quantitative estimate of drug-likeness (QED) is 0.789. The lowest BCUT2D eigenvalue weighted by molar-refractivity contribution is 0.0981. The van der Waals surface area contributed by atoms with E-state index in [9.17, 15) is 9.18 Å². The second-order valence-corrected chi connectivity index (χ2v) is 5.87. The molecule has 2 nitrogen and oxygen atoms in total. The minimum Gasteiger partial charge on any atom is -0.308 e. The Morgan fingerprint density at radius 2 is 2.05 bits per heavy atom. The van der Waals surface area contributed by atoms with Crippen LogP contribution < -0.4 is 4.90 Å². The molecule has 0 radical (unpaired) electrons. The smallest absolute Gasteiger partial charge is 0.261 e. The van der Waals surface area contributed by atoms with Gasteiger partial charge < -0.3 is 4.90 Å². The monoisotopic (exact) mass is 301 g/mol. The summed E-state index contributed by atoms with van der Waals surface area (Å²) in [6.45, 7) is 2.65. The molecule has 4 heteroatoms. The van der Waals surface area contributed by atoms with E-state index < -0.39 is 5.82 Å². The summed E-state index contributed by atoms with van der Waals surface area (Å²) in [4.78, 5) is 14.9. The molecule has 0 unspecified atom stereocenters. The molecular weight excluding hydrogens is 285 g/mol. The fourth-order valence-corrected chi connectivity index (χ4v) is 2.96. The summed E-state index contributed by atoms with van der Waals surface area (Å²) < 4.78 is 13.9. The number of hydrogen-bond acceptors (Lipinski definition) is 2. The summed E-state index contributed by atoms with van der Waals surface area (Å²) in [5.74, 6) is -0.801. The van der Waals surface area contributed by atoms with E-state index in [0.717, 1.165) is 24.1 Å². The maximum Gasteiger partial charge on any atom is 0.261 e. The van der Waals surface area contributed by atoms with Gasteiger partial charge in [-0.05, 0) is 49.6 Å². The summed E-state index contributed by atoms with van der Waals surface area (Å²) in [7, 11) is 0. The summed E-state index contributed by atoms with van der Waals surface area (Å²) >= 11 is 4.19. The number of benzene rings is 2. The standard InChI is InChI=1S/C17H16FNOS/c1-11-4-7-16-12(9-11)3-2-8-19(16)17(20)14-10-13(21)5-6-15(14)18/h4-7,9-10,21H,2-3,8H2,1H3. The van der Waals surface area contributed by atoms with Crippen molar-refractivity contribution in [2.75, 3.05) is 11.4 Å². The van der Waals surface area contributed by atoms with Gasteiger partial charge in [0.25, 0.3) is 5.91 Å². The highest BCUT2D eigenvalue weighted by atomic mass is 32.1. The normalized spacial score (nSPS) is 14.0. The van der Waals surface area contributed by atoms with Gasteiger partial charge in [0, 0.05) is 17.1 Å². The van der Waals surface area contributed by atoms with Crippen LogP contribution in [0.15, 0.2) is 41.3 Å². The fraction of sp³-hybridized carbons (Fsp3) is 0.235. The van der Waals surface area contributed by atoms with Crippen molar-refractivity contribution in [2.24, 2.45) is 0 Å². The molecule has 0 aliphatic carbocycles. The van der Waals surface area contributed by atoms with Crippen LogP contribution in [-0.2, 0) is 6.42 Å². The van der Waals surface area contributed by atoms with Gasteiger partial charge in [-0.2, -0.15) is 0 Å². The highest BCUT2D eigenvalue weighted by Crippen LogP contribution is 2.30. The van der Waals surface area contributed by atoms with Gasteiger partial charge in [0.2, 0.25) is 0 Å². The zero-order valence-corrected chi connectivity index (χ0v) is 12.7. The third-order valence-corrected chi connectivity index (χ3v) is 4.06. The Kier molecular flexibility index (Phi) is 3.72. The molecule has 108 valence electrons. The van der Waals surface area contributed by atoms with Crippen LogP contribution in [0.4, 0.5) is 10.1 Å². The van der Waals surface area contributed by atoms with Crippen LogP contribution in [0.5, 0.6) is 0 Å². The number of halogens is 1. The van der Waals surface area contributed by atoms with Gasteiger partial charge in [0.1, 0.15) is 5.82 Å². The molecule has 0 fully saturated rings. The lowest BCUT2D eigenvalue weighted by Gasteiger charge is -2.30. The minimum atomic E-state index is -0.503. The van der Waals surface area contributed by atoms with Gasteiger partial charge in [0.15, 0.2) is 0 Å². The molecule has 0 bridgehead atoms. The summed E-state index contributed by atoms with van der Waals surface area (Å²) in [5.41, 5.74) is 3.29. The van der Waals surface area contributed by atoms with Crippen molar-refractivity contribution in [2.45, 2.75) is 24.7 Å². The fourth-order valence-electron chi connectivity index (χ4n) is 2.76. The largest absolute Gasteiger partial charge is 0.308 e. The Hall–Kier alpha value is -1.81. The van der Waals surface area contributed by atoms with Crippen molar-refractivity contribution in [3.8, 4) is 0 Å². The highest BCUT2D eigenvalue weighted by Gasteiger charge is 2.25. The van der Waals surface area contributed by atoms with Crippen LogP contribution in [0.2, 0.25) is 0 Å². The molecule has 0 saturated carbocycles. The summed E-state index contributed by atoms with van der Waals surface area (Å²) in [6.07, 6.45) is 1.85. The average molecular weight is 301 g/mol. The molecule has 2 aromatic rings. The predicted molar refractivity (Wildman–Crippen MR) is 84.8 cm³/mol. The lowest BCUT2D eigenvalue weighted by atomic mass is 9.99. The van der Waals surface area contributed by atoms with Crippen molar-refractivity contribution >= 4 is 24.2 Å². The van der Waals surface area contributed by atoms with Crippen LogP contribution in [0.3, 0.4) is 0 Å². The molecule has 3 rings (SSSR count). The van der Waals surface area contributed by atoms with E-state index in [4.69, 9.17) is 0 Å². The number of thiol groups is 1. The topological polar surface area (TPSA) is 20.3 Å². The highest BCUT2D eigenvalue weighted by molar-refractivity contribution is 7.80. The van der Waals surface area contributed by atoms with Crippen LogP contribution in [0, 0.1) is 12.7 Å². The Morgan fingerprint density at radius 1 is 1.24 bits per heavy atom. The summed E-state index contributed by atoms with van der Waals surface area (Å²) in [5, 5.41) is 0. The third kappa shape index (κ3) is 2.68. The minimum absolute atomic E-state index is 0.0796. The number of anilines is 1. The molecule has 0 N–H and O–H groups in total.